The number of aromatic nitrogens is 2. The van der Waals surface area contributed by atoms with Crippen LogP contribution in [-0.2, 0) is 16.4 Å². The third-order valence-electron chi connectivity index (χ3n) is 3.43. The van der Waals surface area contributed by atoms with Crippen molar-refractivity contribution in [2.75, 3.05) is 13.7 Å². The van der Waals surface area contributed by atoms with E-state index in [1.54, 1.807) is 19.2 Å². The molecule has 9 heteroatoms. The lowest BCUT2D eigenvalue weighted by atomic mass is 10.2. The van der Waals surface area contributed by atoms with Gasteiger partial charge in [0.2, 0.25) is 21.7 Å². The zero-order valence-corrected chi connectivity index (χ0v) is 15.4. The van der Waals surface area contributed by atoms with Crippen molar-refractivity contribution < 1.29 is 17.7 Å². The van der Waals surface area contributed by atoms with E-state index in [0.717, 1.165) is 10.4 Å². The van der Waals surface area contributed by atoms with Crippen LogP contribution in [-0.4, -0.2) is 32.2 Å². The normalized spacial score (nSPS) is 11.6. The summed E-state index contributed by atoms with van der Waals surface area (Å²) in [6.45, 7) is 2.04. The van der Waals surface area contributed by atoms with Gasteiger partial charge in [-0.1, -0.05) is 17.3 Å². The first-order chi connectivity index (χ1) is 12.0. The molecule has 0 saturated heterocycles. The maximum atomic E-state index is 12.2. The molecule has 2 heterocycles. The van der Waals surface area contributed by atoms with E-state index in [1.165, 1.54) is 11.3 Å². The fraction of sp³-hybridized carbons (Fsp3) is 0.250. The second kappa shape index (κ2) is 7.34. The zero-order valence-electron chi connectivity index (χ0n) is 13.7. The Labute approximate surface area is 149 Å². The van der Waals surface area contributed by atoms with Crippen molar-refractivity contribution in [1.29, 1.82) is 0 Å². The predicted octanol–water partition coefficient (Wildman–Crippen LogP) is 2.64. The number of ether oxygens (including phenoxy) is 1. The Kier molecular flexibility index (Phi) is 5.16. The Balaban J connectivity index is 1.64. The molecular formula is C16H17N3O4S2. The molecule has 0 amide bonds. The van der Waals surface area contributed by atoms with E-state index in [4.69, 9.17) is 9.26 Å². The fourth-order valence-electron chi connectivity index (χ4n) is 2.22. The SMILES string of the molecule is COc1ccccc1-c1noc(CCNS(=O)(=O)c2ccc(C)s2)n1. The van der Waals surface area contributed by atoms with E-state index in [2.05, 4.69) is 14.9 Å². The number of nitrogens with zero attached hydrogens (tertiary/aromatic N) is 2. The van der Waals surface area contributed by atoms with Crippen LogP contribution in [0.4, 0.5) is 0 Å². The molecule has 132 valence electrons. The highest BCUT2D eigenvalue weighted by molar-refractivity contribution is 7.91. The van der Waals surface area contributed by atoms with E-state index in [9.17, 15) is 8.42 Å². The Morgan fingerprint density at radius 1 is 1.24 bits per heavy atom. The smallest absolute Gasteiger partial charge is 0.250 e. The molecule has 0 atom stereocenters. The minimum absolute atomic E-state index is 0.173. The largest absolute Gasteiger partial charge is 0.496 e. The van der Waals surface area contributed by atoms with Crippen LogP contribution < -0.4 is 9.46 Å². The van der Waals surface area contributed by atoms with E-state index in [0.29, 0.717) is 28.1 Å². The van der Waals surface area contributed by atoms with Gasteiger partial charge in [0.1, 0.15) is 9.96 Å². The number of hydrogen-bond donors (Lipinski definition) is 1. The number of sulfonamides is 1. The van der Waals surface area contributed by atoms with Crippen molar-refractivity contribution in [2.24, 2.45) is 0 Å². The molecule has 25 heavy (non-hydrogen) atoms. The molecule has 2 aromatic heterocycles. The summed E-state index contributed by atoms with van der Waals surface area (Å²) in [5.41, 5.74) is 0.717. The van der Waals surface area contributed by atoms with Crippen molar-refractivity contribution >= 4 is 21.4 Å². The molecule has 0 radical (unpaired) electrons. The van der Waals surface area contributed by atoms with Gasteiger partial charge in [0.05, 0.1) is 12.7 Å². The third kappa shape index (κ3) is 4.06. The van der Waals surface area contributed by atoms with Crippen molar-refractivity contribution in [2.45, 2.75) is 17.6 Å². The molecule has 0 unspecified atom stereocenters. The van der Waals surface area contributed by atoms with Crippen molar-refractivity contribution in [3.63, 3.8) is 0 Å². The van der Waals surface area contributed by atoms with E-state index < -0.39 is 10.0 Å². The summed E-state index contributed by atoms with van der Waals surface area (Å²) >= 11 is 1.23. The fourth-order valence-corrected chi connectivity index (χ4v) is 4.57. The quantitative estimate of drug-likeness (QED) is 0.678. The number of aryl methyl sites for hydroxylation is 1. The van der Waals surface area contributed by atoms with Gasteiger partial charge in [-0.25, -0.2) is 13.1 Å². The van der Waals surface area contributed by atoms with Gasteiger partial charge in [-0.3, -0.25) is 0 Å². The Hall–Kier alpha value is -2.23. The number of methoxy groups -OCH3 is 1. The van der Waals surface area contributed by atoms with Crippen LogP contribution >= 0.6 is 11.3 Å². The monoisotopic (exact) mass is 379 g/mol. The summed E-state index contributed by atoms with van der Waals surface area (Å²) in [5, 5.41) is 3.93. The van der Waals surface area contributed by atoms with Gasteiger partial charge >= 0.3 is 0 Å². The van der Waals surface area contributed by atoms with Gasteiger partial charge in [0, 0.05) is 17.8 Å². The maximum absolute atomic E-state index is 12.2. The first-order valence-corrected chi connectivity index (χ1v) is 9.81. The minimum Gasteiger partial charge on any atom is -0.496 e. The number of thiophene rings is 1. The Morgan fingerprint density at radius 2 is 2.04 bits per heavy atom. The van der Waals surface area contributed by atoms with E-state index >= 15 is 0 Å². The van der Waals surface area contributed by atoms with Gasteiger partial charge < -0.3 is 9.26 Å². The second-order valence-electron chi connectivity index (χ2n) is 5.22. The second-order valence-corrected chi connectivity index (χ2v) is 8.51. The average Bonchev–Trinajstić information content (AvgIpc) is 3.24. The van der Waals surface area contributed by atoms with Crippen LogP contribution in [0, 0.1) is 6.92 Å². The van der Waals surface area contributed by atoms with Crippen LogP contribution in [0.1, 0.15) is 10.8 Å². The molecule has 1 aromatic carbocycles. The Morgan fingerprint density at radius 3 is 2.76 bits per heavy atom. The lowest BCUT2D eigenvalue weighted by molar-refractivity contribution is 0.378. The van der Waals surface area contributed by atoms with Gasteiger partial charge in [0.25, 0.3) is 0 Å². The highest BCUT2D eigenvalue weighted by Crippen LogP contribution is 2.27. The van der Waals surface area contributed by atoms with Gasteiger partial charge in [-0.2, -0.15) is 4.98 Å². The standard InChI is InChI=1S/C16H17N3O4S2/c1-11-7-8-15(24-11)25(20,21)17-10-9-14-18-16(19-23-14)12-5-3-4-6-13(12)22-2/h3-8,17H,9-10H2,1-2H3. The summed E-state index contributed by atoms with van der Waals surface area (Å²) in [4.78, 5) is 5.24. The summed E-state index contributed by atoms with van der Waals surface area (Å²) < 4.78 is 37.6. The number of nitrogens with one attached hydrogen (secondary N) is 1. The van der Waals surface area contributed by atoms with E-state index in [1.807, 2.05) is 31.2 Å². The van der Waals surface area contributed by atoms with Crippen LogP contribution in [0.15, 0.2) is 45.1 Å². The highest BCUT2D eigenvalue weighted by atomic mass is 32.2. The summed E-state index contributed by atoms with van der Waals surface area (Å²) in [5.74, 6) is 1.40. The molecule has 0 aliphatic rings. The minimum atomic E-state index is -3.51. The number of para-hydroxylation sites is 1. The molecule has 0 aliphatic heterocycles. The van der Waals surface area contributed by atoms with Crippen molar-refractivity contribution in [3.05, 3.63) is 47.2 Å². The summed E-state index contributed by atoms with van der Waals surface area (Å²) in [6, 6.07) is 10.7. The topological polar surface area (TPSA) is 94.3 Å². The van der Waals surface area contributed by atoms with Gasteiger partial charge in [0.15, 0.2) is 0 Å². The molecule has 0 saturated carbocycles. The molecule has 3 aromatic rings. The van der Waals surface area contributed by atoms with Crippen LogP contribution in [0.25, 0.3) is 11.4 Å². The summed E-state index contributed by atoms with van der Waals surface area (Å²) in [7, 11) is -1.94. The first kappa shape index (κ1) is 17.6. The molecule has 0 aliphatic carbocycles. The lowest BCUT2D eigenvalue weighted by Gasteiger charge is -2.03. The zero-order chi connectivity index (χ0) is 17.9. The maximum Gasteiger partial charge on any atom is 0.250 e. The van der Waals surface area contributed by atoms with Crippen molar-refractivity contribution in [3.8, 4) is 17.1 Å². The highest BCUT2D eigenvalue weighted by Gasteiger charge is 2.17. The third-order valence-corrected chi connectivity index (χ3v) is 6.38. The number of benzene rings is 1. The average molecular weight is 379 g/mol. The first-order valence-electron chi connectivity index (χ1n) is 7.51. The van der Waals surface area contributed by atoms with Crippen molar-refractivity contribution in [1.82, 2.24) is 14.9 Å². The molecular weight excluding hydrogens is 362 g/mol. The van der Waals surface area contributed by atoms with Gasteiger partial charge in [-0.15, -0.1) is 11.3 Å². The van der Waals surface area contributed by atoms with E-state index in [-0.39, 0.29) is 6.54 Å². The van der Waals surface area contributed by atoms with Crippen LogP contribution in [0.2, 0.25) is 0 Å². The molecule has 3 rings (SSSR count). The molecule has 0 fully saturated rings. The number of hydrogen-bond acceptors (Lipinski definition) is 7. The molecule has 1 N–H and O–H groups in total. The van der Waals surface area contributed by atoms with Crippen LogP contribution in [0.5, 0.6) is 5.75 Å². The molecule has 0 spiro atoms. The Bertz CT molecular complexity index is 963. The number of rotatable bonds is 7. The van der Waals surface area contributed by atoms with Crippen LogP contribution in [0.3, 0.4) is 0 Å². The molecule has 7 nitrogen and oxygen atoms in total. The predicted molar refractivity (Wildman–Crippen MR) is 94.2 cm³/mol. The lowest BCUT2D eigenvalue weighted by Crippen LogP contribution is -2.25. The van der Waals surface area contributed by atoms with Gasteiger partial charge in [-0.05, 0) is 31.2 Å². The molecule has 0 bridgehead atoms. The summed E-state index contributed by atoms with van der Waals surface area (Å²) in [6.07, 6.45) is 0.297.